The molecular weight excluding hydrogens is 549 g/mol. The van der Waals surface area contributed by atoms with Crippen molar-refractivity contribution in [3.63, 3.8) is 0 Å². The van der Waals surface area contributed by atoms with E-state index >= 15 is 0 Å². The number of nitrogens with one attached hydrogen (secondary N) is 1. The van der Waals surface area contributed by atoms with Gasteiger partial charge >= 0.3 is 0 Å². The van der Waals surface area contributed by atoms with Gasteiger partial charge in [0.25, 0.3) is 11.8 Å². The van der Waals surface area contributed by atoms with Crippen molar-refractivity contribution >= 4 is 17.6 Å². The van der Waals surface area contributed by atoms with Gasteiger partial charge in [-0.25, -0.2) is 4.39 Å². The van der Waals surface area contributed by atoms with Crippen LogP contribution in [0.25, 0.3) is 0 Å². The van der Waals surface area contributed by atoms with E-state index in [-0.39, 0.29) is 40.8 Å². The number of carbonyl (C=O) groups excluding carboxylic acids is 3. The van der Waals surface area contributed by atoms with E-state index in [1.54, 1.807) is 54.5 Å². The summed E-state index contributed by atoms with van der Waals surface area (Å²) in [6.45, 7) is 3.02. The summed E-state index contributed by atoms with van der Waals surface area (Å²) in [5, 5.41) is 12.0. The molecular formula is C33H34FN5O4. The van der Waals surface area contributed by atoms with Crippen molar-refractivity contribution in [2.24, 2.45) is 5.92 Å². The van der Waals surface area contributed by atoms with Gasteiger partial charge in [-0.05, 0) is 79.8 Å². The van der Waals surface area contributed by atoms with Gasteiger partial charge in [-0.3, -0.25) is 24.3 Å². The smallest absolute Gasteiger partial charge is 0.272 e. The van der Waals surface area contributed by atoms with Crippen molar-refractivity contribution in [3.8, 4) is 11.8 Å². The third kappa shape index (κ3) is 7.24. The van der Waals surface area contributed by atoms with Gasteiger partial charge in [0.1, 0.15) is 23.3 Å². The number of ketones is 1. The minimum Gasteiger partial charge on any atom is -0.497 e. The molecule has 222 valence electrons. The molecule has 0 radical (unpaired) electrons. The molecule has 3 aromatic rings. The largest absolute Gasteiger partial charge is 0.497 e. The van der Waals surface area contributed by atoms with Crippen LogP contribution in [0, 0.1) is 23.1 Å². The van der Waals surface area contributed by atoms with Crippen LogP contribution < -0.4 is 10.1 Å². The average Bonchev–Trinajstić information content (AvgIpc) is 3.05. The lowest BCUT2D eigenvalue weighted by molar-refractivity contribution is 0.0645. The molecule has 1 N–H and O–H groups in total. The number of Topliss-reactive ketones (excluding diaryl/α,β-unsaturated/α-hetero) is 1. The van der Waals surface area contributed by atoms with Gasteiger partial charge in [-0.15, -0.1) is 0 Å². The number of carbonyl (C=O) groups is 3. The Balaban J connectivity index is 1.07. The Kier molecular flexibility index (Phi) is 9.42. The molecule has 3 heterocycles. The Hall–Kier alpha value is -4.62. The van der Waals surface area contributed by atoms with Crippen molar-refractivity contribution in [2.45, 2.75) is 38.3 Å². The SMILES string of the molecule is COc1ccc(C(=O)C2CCN(C(=O)c3ccc(C(=O)NC4CCN(Cc5ccc(C#N)c(F)c5)CC4)cn3)CC2)cc1. The fraction of sp³-hybridized carbons (Fsp3) is 0.364. The predicted octanol–water partition coefficient (Wildman–Crippen LogP) is 4.23. The Morgan fingerprint density at radius 3 is 2.28 bits per heavy atom. The number of methoxy groups -OCH3 is 1. The molecule has 2 aliphatic heterocycles. The molecule has 2 amide bonds. The van der Waals surface area contributed by atoms with E-state index in [0.717, 1.165) is 31.5 Å². The molecule has 0 aliphatic carbocycles. The lowest BCUT2D eigenvalue weighted by Crippen LogP contribution is -2.44. The van der Waals surface area contributed by atoms with Gasteiger partial charge in [0.05, 0.1) is 18.2 Å². The molecule has 1 aromatic heterocycles. The zero-order valence-electron chi connectivity index (χ0n) is 24.1. The summed E-state index contributed by atoms with van der Waals surface area (Å²) in [5.74, 6) is -0.317. The molecule has 2 aliphatic rings. The number of piperidine rings is 2. The zero-order valence-corrected chi connectivity index (χ0v) is 24.1. The van der Waals surface area contributed by atoms with Crippen molar-refractivity contribution in [1.29, 1.82) is 5.26 Å². The Labute approximate surface area is 250 Å². The summed E-state index contributed by atoms with van der Waals surface area (Å²) in [7, 11) is 1.58. The number of likely N-dealkylation sites (tertiary alicyclic amines) is 2. The second-order valence-electron chi connectivity index (χ2n) is 11.0. The number of hydrogen-bond donors (Lipinski definition) is 1. The highest BCUT2D eigenvalue weighted by atomic mass is 19.1. The van der Waals surface area contributed by atoms with Gasteiger partial charge in [-0.1, -0.05) is 6.07 Å². The topological polar surface area (TPSA) is 116 Å². The van der Waals surface area contributed by atoms with E-state index in [4.69, 9.17) is 10.00 Å². The van der Waals surface area contributed by atoms with Crippen molar-refractivity contribution in [1.82, 2.24) is 20.1 Å². The summed E-state index contributed by atoms with van der Waals surface area (Å²) < 4.78 is 19.1. The molecule has 10 heteroatoms. The number of benzene rings is 2. The number of ether oxygens (including phenoxy) is 1. The monoisotopic (exact) mass is 583 g/mol. The maximum absolute atomic E-state index is 13.9. The molecule has 2 aromatic carbocycles. The molecule has 0 bridgehead atoms. The predicted molar refractivity (Wildman–Crippen MR) is 157 cm³/mol. The third-order valence-electron chi connectivity index (χ3n) is 8.26. The summed E-state index contributed by atoms with van der Waals surface area (Å²) in [6.07, 6.45) is 4.11. The summed E-state index contributed by atoms with van der Waals surface area (Å²) >= 11 is 0. The Morgan fingerprint density at radius 1 is 0.977 bits per heavy atom. The number of nitrogens with zero attached hydrogens (tertiary/aromatic N) is 4. The first-order chi connectivity index (χ1) is 20.8. The minimum atomic E-state index is -0.509. The maximum Gasteiger partial charge on any atom is 0.272 e. The lowest BCUT2D eigenvalue weighted by Gasteiger charge is -2.32. The van der Waals surface area contributed by atoms with Crippen LogP contribution in [0.3, 0.4) is 0 Å². The molecule has 9 nitrogen and oxygen atoms in total. The van der Waals surface area contributed by atoms with Crippen molar-refractivity contribution < 1.29 is 23.5 Å². The molecule has 0 saturated carbocycles. The zero-order chi connectivity index (χ0) is 30.3. The Bertz CT molecular complexity index is 1500. The van der Waals surface area contributed by atoms with E-state index < -0.39 is 5.82 Å². The van der Waals surface area contributed by atoms with E-state index in [2.05, 4.69) is 15.2 Å². The first-order valence-corrected chi connectivity index (χ1v) is 14.5. The van der Waals surface area contributed by atoms with Gasteiger partial charge in [-0.2, -0.15) is 5.26 Å². The molecule has 2 saturated heterocycles. The normalized spacial score (nSPS) is 16.3. The number of aromatic nitrogens is 1. The maximum atomic E-state index is 13.9. The van der Waals surface area contributed by atoms with Crippen LogP contribution in [0.1, 0.15) is 68.0 Å². The number of halogens is 1. The number of rotatable bonds is 8. The molecule has 43 heavy (non-hydrogen) atoms. The van der Waals surface area contributed by atoms with Crippen LogP contribution in [0.5, 0.6) is 5.75 Å². The number of amides is 2. The highest BCUT2D eigenvalue weighted by molar-refractivity contribution is 5.99. The highest BCUT2D eigenvalue weighted by Gasteiger charge is 2.29. The second-order valence-corrected chi connectivity index (χ2v) is 11.0. The van der Waals surface area contributed by atoms with Gasteiger partial charge in [0.2, 0.25) is 0 Å². The van der Waals surface area contributed by atoms with E-state index in [0.29, 0.717) is 49.4 Å². The van der Waals surface area contributed by atoms with Gasteiger partial charge in [0, 0.05) is 56.4 Å². The van der Waals surface area contributed by atoms with Gasteiger partial charge < -0.3 is 15.0 Å². The first-order valence-electron chi connectivity index (χ1n) is 14.5. The molecule has 0 unspecified atom stereocenters. The lowest BCUT2D eigenvalue weighted by atomic mass is 9.88. The van der Waals surface area contributed by atoms with Crippen LogP contribution >= 0.6 is 0 Å². The highest BCUT2D eigenvalue weighted by Crippen LogP contribution is 2.24. The summed E-state index contributed by atoms with van der Waals surface area (Å²) in [4.78, 5) is 47.0. The van der Waals surface area contributed by atoms with Crippen molar-refractivity contribution in [3.05, 3.63) is 94.6 Å². The van der Waals surface area contributed by atoms with Crippen LogP contribution in [0.15, 0.2) is 60.8 Å². The standard InChI is InChI=1S/C33H34FN5O4/c1-43-28-7-4-23(5-8-28)31(40)24-10-16-39(17-11-24)33(42)30-9-6-26(20-36-30)32(41)37-27-12-14-38(15-13-27)21-22-2-3-25(19-35)29(34)18-22/h2-9,18,20,24,27H,10-17,21H2,1H3,(H,37,41). The number of hydrogen-bond acceptors (Lipinski definition) is 7. The second kappa shape index (κ2) is 13.6. The summed E-state index contributed by atoms with van der Waals surface area (Å²) in [5.41, 5.74) is 2.15. The third-order valence-corrected chi connectivity index (χ3v) is 8.26. The fourth-order valence-electron chi connectivity index (χ4n) is 5.66. The molecule has 2 fully saturated rings. The molecule has 0 atom stereocenters. The number of pyridine rings is 1. The van der Waals surface area contributed by atoms with Crippen LogP contribution in [-0.2, 0) is 6.54 Å². The van der Waals surface area contributed by atoms with Crippen molar-refractivity contribution in [2.75, 3.05) is 33.3 Å². The minimum absolute atomic E-state index is 0.00433. The molecule has 0 spiro atoms. The molecule has 5 rings (SSSR count). The average molecular weight is 584 g/mol. The van der Waals surface area contributed by atoms with E-state index in [1.807, 2.05) is 6.07 Å². The number of nitriles is 1. The van der Waals surface area contributed by atoms with Gasteiger partial charge in [0.15, 0.2) is 5.78 Å². The van der Waals surface area contributed by atoms with Crippen LogP contribution in [0.4, 0.5) is 4.39 Å². The summed E-state index contributed by atoms with van der Waals surface area (Å²) in [6, 6.07) is 16.8. The van der Waals surface area contributed by atoms with Crippen LogP contribution in [0.2, 0.25) is 0 Å². The first kappa shape index (κ1) is 29.9. The van der Waals surface area contributed by atoms with E-state index in [9.17, 15) is 18.8 Å². The van der Waals surface area contributed by atoms with Crippen LogP contribution in [-0.4, -0.2) is 71.7 Å². The Morgan fingerprint density at radius 2 is 1.67 bits per heavy atom. The van der Waals surface area contributed by atoms with E-state index in [1.165, 1.54) is 18.3 Å². The quantitative estimate of drug-likeness (QED) is 0.395. The fourth-order valence-corrected chi connectivity index (χ4v) is 5.66.